The van der Waals surface area contributed by atoms with E-state index in [1.165, 1.54) is 0 Å². The van der Waals surface area contributed by atoms with Crippen LogP contribution in [0.25, 0.3) is 0 Å². The van der Waals surface area contributed by atoms with Gasteiger partial charge in [-0.3, -0.25) is 9.48 Å². The van der Waals surface area contributed by atoms with E-state index in [1.807, 2.05) is 34.0 Å². The third-order valence-corrected chi connectivity index (χ3v) is 2.69. The average Bonchev–Trinajstić information content (AvgIpc) is 2.69. The van der Waals surface area contributed by atoms with Gasteiger partial charge in [-0.05, 0) is 39.9 Å². The van der Waals surface area contributed by atoms with Crippen LogP contribution in [0, 0.1) is 6.92 Å². The van der Waals surface area contributed by atoms with Crippen molar-refractivity contribution in [1.82, 2.24) is 20.0 Å². The van der Waals surface area contributed by atoms with Gasteiger partial charge in [-0.2, -0.15) is 5.10 Å². The van der Waals surface area contributed by atoms with E-state index in [1.54, 1.807) is 9.58 Å². The van der Waals surface area contributed by atoms with Gasteiger partial charge in [-0.1, -0.05) is 0 Å². The Hall–Kier alpha value is -1.36. The quantitative estimate of drug-likeness (QED) is 0.749. The number of aryl methyl sites for hydroxylation is 2. The number of hydrogen-bond donors (Lipinski definition) is 1. The molecule has 96 valence electrons. The summed E-state index contributed by atoms with van der Waals surface area (Å²) in [6, 6.07) is 1.85. The fraction of sp³-hybridized carbons (Fsp3) is 0.667. The number of carbonyl (C=O) groups is 1. The van der Waals surface area contributed by atoms with Crippen LogP contribution in [0.2, 0.25) is 0 Å². The Kier molecular flexibility index (Phi) is 5.15. The molecular weight excluding hydrogens is 216 g/mol. The molecule has 1 rings (SSSR count). The maximum atomic E-state index is 12.2. The van der Waals surface area contributed by atoms with Gasteiger partial charge in [0, 0.05) is 20.1 Å². The minimum atomic E-state index is 0.0450. The molecule has 1 heterocycles. The molecule has 5 heteroatoms. The fourth-order valence-corrected chi connectivity index (χ4v) is 1.75. The number of carbonyl (C=O) groups excluding carboxylic acids is 1. The summed E-state index contributed by atoms with van der Waals surface area (Å²) in [4.78, 5) is 13.9. The van der Waals surface area contributed by atoms with Crippen molar-refractivity contribution in [3.63, 3.8) is 0 Å². The molecule has 0 aliphatic carbocycles. The predicted molar refractivity (Wildman–Crippen MR) is 68.1 cm³/mol. The molecule has 0 spiro atoms. The zero-order valence-corrected chi connectivity index (χ0v) is 11.2. The molecule has 0 saturated heterocycles. The van der Waals surface area contributed by atoms with E-state index in [4.69, 9.17) is 0 Å². The first-order chi connectivity index (χ1) is 8.10. The smallest absolute Gasteiger partial charge is 0.271 e. The zero-order chi connectivity index (χ0) is 12.8. The highest BCUT2D eigenvalue weighted by Gasteiger charge is 2.16. The van der Waals surface area contributed by atoms with E-state index < -0.39 is 0 Å². The normalized spacial score (nSPS) is 10.6. The van der Waals surface area contributed by atoms with E-state index in [0.717, 1.165) is 31.7 Å². The summed E-state index contributed by atoms with van der Waals surface area (Å²) >= 11 is 0. The Morgan fingerprint density at radius 1 is 1.59 bits per heavy atom. The molecule has 0 fully saturated rings. The third-order valence-electron chi connectivity index (χ3n) is 2.69. The first-order valence-electron chi connectivity index (χ1n) is 6.04. The van der Waals surface area contributed by atoms with Gasteiger partial charge in [0.1, 0.15) is 5.69 Å². The van der Waals surface area contributed by atoms with Crippen molar-refractivity contribution in [2.75, 3.05) is 27.2 Å². The van der Waals surface area contributed by atoms with Crippen LogP contribution < -0.4 is 5.32 Å². The summed E-state index contributed by atoms with van der Waals surface area (Å²) in [5.74, 6) is 0.0450. The van der Waals surface area contributed by atoms with E-state index in [2.05, 4.69) is 10.4 Å². The SMILES string of the molecule is CCn1nc(C)cc1C(=O)N(C)CCCNC. The van der Waals surface area contributed by atoms with Gasteiger partial charge in [-0.25, -0.2) is 0 Å². The topological polar surface area (TPSA) is 50.2 Å². The summed E-state index contributed by atoms with van der Waals surface area (Å²) in [7, 11) is 3.75. The molecule has 0 saturated carbocycles. The summed E-state index contributed by atoms with van der Waals surface area (Å²) in [6.45, 7) is 6.30. The molecule has 0 unspecified atom stereocenters. The zero-order valence-electron chi connectivity index (χ0n) is 11.2. The second kappa shape index (κ2) is 6.39. The molecule has 1 aromatic rings. The van der Waals surface area contributed by atoms with Gasteiger partial charge in [0.2, 0.25) is 0 Å². The number of rotatable bonds is 6. The van der Waals surface area contributed by atoms with E-state index in [-0.39, 0.29) is 5.91 Å². The lowest BCUT2D eigenvalue weighted by Crippen LogP contribution is -2.31. The lowest BCUT2D eigenvalue weighted by Gasteiger charge is -2.17. The summed E-state index contributed by atoms with van der Waals surface area (Å²) in [6.07, 6.45) is 0.956. The average molecular weight is 238 g/mol. The van der Waals surface area contributed by atoms with Crippen LogP contribution in [0.15, 0.2) is 6.07 Å². The van der Waals surface area contributed by atoms with Gasteiger partial charge in [0.05, 0.1) is 5.69 Å². The molecule has 0 aliphatic heterocycles. The highest BCUT2D eigenvalue weighted by Crippen LogP contribution is 2.07. The maximum Gasteiger partial charge on any atom is 0.271 e. The number of aromatic nitrogens is 2. The van der Waals surface area contributed by atoms with E-state index >= 15 is 0 Å². The van der Waals surface area contributed by atoms with Gasteiger partial charge >= 0.3 is 0 Å². The first-order valence-corrected chi connectivity index (χ1v) is 6.04. The van der Waals surface area contributed by atoms with Gasteiger partial charge in [-0.15, -0.1) is 0 Å². The first kappa shape index (κ1) is 13.7. The second-order valence-corrected chi connectivity index (χ2v) is 4.17. The standard InChI is InChI=1S/C12H22N4O/c1-5-16-11(9-10(2)14-16)12(17)15(4)8-6-7-13-3/h9,13H,5-8H2,1-4H3. The van der Waals surface area contributed by atoms with Gasteiger partial charge in [0.15, 0.2) is 0 Å². The molecule has 0 radical (unpaired) electrons. The molecule has 0 aliphatic rings. The van der Waals surface area contributed by atoms with Crippen LogP contribution in [0.4, 0.5) is 0 Å². The predicted octanol–water partition coefficient (Wildman–Crippen LogP) is 0.893. The summed E-state index contributed by atoms with van der Waals surface area (Å²) in [5.41, 5.74) is 1.57. The summed E-state index contributed by atoms with van der Waals surface area (Å²) in [5, 5.41) is 7.36. The van der Waals surface area contributed by atoms with Gasteiger partial charge < -0.3 is 10.2 Å². The molecule has 1 N–H and O–H groups in total. The van der Waals surface area contributed by atoms with Crippen molar-refractivity contribution < 1.29 is 4.79 Å². The van der Waals surface area contributed by atoms with Crippen LogP contribution in [0.3, 0.4) is 0 Å². The number of hydrogen-bond acceptors (Lipinski definition) is 3. The third kappa shape index (κ3) is 3.56. The summed E-state index contributed by atoms with van der Waals surface area (Å²) < 4.78 is 1.76. The van der Waals surface area contributed by atoms with Crippen molar-refractivity contribution >= 4 is 5.91 Å². The van der Waals surface area contributed by atoms with Crippen molar-refractivity contribution in [2.45, 2.75) is 26.8 Å². The number of nitrogens with one attached hydrogen (secondary N) is 1. The monoisotopic (exact) mass is 238 g/mol. The number of nitrogens with zero attached hydrogens (tertiary/aromatic N) is 3. The van der Waals surface area contributed by atoms with Crippen LogP contribution in [-0.2, 0) is 6.54 Å². The highest BCUT2D eigenvalue weighted by molar-refractivity contribution is 5.92. The lowest BCUT2D eigenvalue weighted by molar-refractivity contribution is 0.0781. The molecule has 0 atom stereocenters. The number of amides is 1. The molecule has 0 bridgehead atoms. The van der Waals surface area contributed by atoms with Gasteiger partial charge in [0.25, 0.3) is 5.91 Å². The maximum absolute atomic E-state index is 12.2. The Bertz CT molecular complexity index is 373. The Morgan fingerprint density at radius 3 is 2.88 bits per heavy atom. The lowest BCUT2D eigenvalue weighted by atomic mass is 10.3. The van der Waals surface area contributed by atoms with Crippen molar-refractivity contribution in [3.8, 4) is 0 Å². The van der Waals surface area contributed by atoms with Crippen LogP contribution in [-0.4, -0.2) is 47.8 Å². The second-order valence-electron chi connectivity index (χ2n) is 4.17. The van der Waals surface area contributed by atoms with Crippen LogP contribution in [0.5, 0.6) is 0 Å². The van der Waals surface area contributed by atoms with Crippen LogP contribution in [0.1, 0.15) is 29.5 Å². The molecule has 1 amide bonds. The molecular formula is C12H22N4O. The molecule has 1 aromatic heterocycles. The Balaban J connectivity index is 2.67. The molecule has 17 heavy (non-hydrogen) atoms. The minimum absolute atomic E-state index is 0.0450. The molecule has 0 aromatic carbocycles. The van der Waals surface area contributed by atoms with Crippen LogP contribution >= 0.6 is 0 Å². The fourth-order valence-electron chi connectivity index (χ4n) is 1.75. The van der Waals surface area contributed by atoms with Crippen molar-refractivity contribution in [3.05, 3.63) is 17.5 Å². The van der Waals surface area contributed by atoms with E-state index in [9.17, 15) is 4.79 Å². The Morgan fingerprint density at radius 2 is 2.29 bits per heavy atom. The van der Waals surface area contributed by atoms with E-state index in [0.29, 0.717) is 5.69 Å². The highest BCUT2D eigenvalue weighted by atomic mass is 16.2. The Labute approximate surface area is 103 Å². The molecule has 5 nitrogen and oxygen atoms in total. The minimum Gasteiger partial charge on any atom is -0.340 e. The van der Waals surface area contributed by atoms with Crippen molar-refractivity contribution in [2.24, 2.45) is 0 Å². The van der Waals surface area contributed by atoms with Crippen molar-refractivity contribution in [1.29, 1.82) is 0 Å². The largest absolute Gasteiger partial charge is 0.340 e.